The summed E-state index contributed by atoms with van der Waals surface area (Å²) in [6.07, 6.45) is 5.66. The van der Waals surface area contributed by atoms with Crippen molar-refractivity contribution in [1.82, 2.24) is 0 Å². The molecule has 0 bridgehead atoms. The number of ether oxygens (including phenoxy) is 2. The lowest BCUT2D eigenvalue weighted by Gasteiger charge is -2.20. The topological polar surface area (TPSA) is 79.2 Å². The molecule has 1 rings (SSSR count). The van der Waals surface area contributed by atoms with Gasteiger partial charge in [0, 0.05) is 0 Å². The van der Waals surface area contributed by atoms with E-state index in [1.54, 1.807) is 6.26 Å². The van der Waals surface area contributed by atoms with Crippen molar-refractivity contribution in [3.8, 4) is 0 Å². The van der Waals surface area contributed by atoms with Crippen LogP contribution in [0.1, 0.15) is 39.0 Å². The monoisotopic (exact) mass is 274 g/mol. The molecule has 0 saturated carbocycles. The zero-order valence-corrected chi connectivity index (χ0v) is 11.6. The zero-order chi connectivity index (χ0) is 14.1. The highest BCUT2D eigenvalue weighted by Crippen LogP contribution is 2.17. The second-order valence-electron chi connectivity index (χ2n) is 4.98. The van der Waals surface area contributed by atoms with Crippen LogP contribution in [0.5, 0.6) is 0 Å². The maximum absolute atomic E-state index is 9.75. The Morgan fingerprint density at radius 1 is 1.32 bits per heavy atom. The van der Waals surface area contributed by atoms with Gasteiger partial charge in [0.15, 0.2) is 0 Å². The van der Waals surface area contributed by atoms with Gasteiger partial charge in [-0.2, -0.15) is 0 Å². The van der Waals surface area contributed by atoms with Crippen molar-refractivity contribution < 1.29 is 24.8 Å². The number of aliphatic hydroxyl groups excluding tert-OH is 3. The Morgan fingerprint density at radius 2 is 2.11 bits per heavy atom. The lowest BCUT2D eigenvalue weighted by atomic mass is 10.1. The van der Waals surface area contributed by atoms with E-state index < -0.39 is 24.4 Å². The molecule has 0 spiro atoms. The summed E-state index contributed by atoms with van der Waals surface area (Å²) in [5.74, 6) is 0. The second-order valence-corrected chi connectivity index (χ2v) is 4.98. The van der Waals surface area contributed by atoms with Crippen LogP contribution in [0.15, 0.2) is 12.3 Å². The molecule has 0 aromatic heterocycles. The maximum atomic E-state index is 9.75. The van der Waals surface area contributed by atoms with Crippen LogP contribution in [0.4, 0.5) is 0 Å². The first-order valence-corrected chi connectivity index (χ1v) is 7.09. The minimum Gasteiger partial charge on any atom is -0.499 e. The molecule has 0 unspecified atom stereocenters. The quantitative estimate of drug-likeness (QED) is 0.431. The van der Waals surface area contributed by atoms with Crippen LogP contribution in [0.25, 0.3) is 0 Å². The summed E-state index contributed by atoms with van der Waals surface area (Å²) in [6, 6.07) is 0. The zero-order valence-electron chi connectivity index (χ0n) is 11.6. The van der Waals surface area contributed by atoms with E-state index in [2.05, 4.69) is 6.92 Å². The third kappa shape index (κ3) is 5.91. The average Bonchev–Trinajstić information content (AvgIpc) is 2.73. The van der Waals surface area contributed by atoms with E-state index in [0.717, 1.165) is 12.8 Å². The predicted octanol–water partition coefficient (Wildman–Crippen LogP) is 0.969. The van der Waals surface area contributed by atoms with E-state index in [1.807, 2.05) is 6.08 Å². The fraction of sp³-hybridized carbons (Fsp3) is 0.857. The summed E-state index contributed by atoms with van der Waals surface area (Å²) >= 11 is 0. The molecule has 5 nitrogen and oxygen atoms in total. The van der Waals surface area contributed by atoms with Crippen molar-refractivity contribution >= 4 is 0 Å². The molecule has 1 aliphatic rings. The van der Waals surface area contributed by atoms with E-state index in [0.29, 0.717) is 0 Å². The van der Waals surface area contributed by atoms with Crippen molar-refractivity contribution in [2.75, 3.05) is 13.2 Å². The van der Waals surface area contributed by atoms with Crippen LogP contribution in [0.3, 0.4) is 0 Å². The Balaban J connectivity index is 2.07. The molecule has 4 atom stereocenters. The first-order chi connectivity index (χ1) is 9.16. The van der Waals surface area contributed by atoms with Crippen molar-refractivity contribution in [2.45, 2.75) is 63.4 Å². The van der Waals surface area contributed by atoms with Crippen LogP contribution in [0.2, 0.25) is 0 Å². The molecule has 0 aromatic rings. The highest BCUT2D eigenvalue weighted by molar-refractivity contribution is 4.88. The van der Waals surface area contributed by atoms with Gasteiger partial charge in [0.05, 0.1) is 12.9 Å². The Morgan fingerprint density at radius 3 is 2.74 bits per heavy atom. The third-order valence-corrected chi connectivity index (χ3v) is 3.25. The molecule has 19 heavy (non-hydrogen) atoms. The fourth-order valence-corrected chi connectivity index (χ4v) is 2.04. The SMILES string of the molecule is CCCCCC/C=C/OC[C@H](O)[C@@H]1OC[C@@H](O)[C@@H]1O. The van der Waals surface area contributed by atoms with Crippen LogP contribution in [-0.2, 0) is 9.47 Å². The van der Waals surface area contributed by atoms with Crippen LogP contribution < -0.4 is 0 Å². The summed E-state index contributed by atoms with van der Waals surface area (Å²) in [6.45, 7) is 2.28. The number of hydrogen-bond donors (Lipinski definition) is 3. The summed E-state index contributed by atoms with van der Waals surface area (Å²) < 4.78 is 10.3. The Labute approximate surface area is 114 Å². The molecule has 1 heterocycles. The van der Waals surface area contributed by atoms with Crippen LogP contribution in [0, 0.1) is 0 Å². The van der Waals surface area contributed by atoms with E-state index in [9.17, 15) is 15.3 Å². The van der Waals surface area contributed by atoms with Crippen molar-refractivity contribution in [3.63, 3.8) is 0 Å². The molecule has 1 fully saturated rings. The number of unbranched alkanes of at least 4 members (excludes halogenated alkanes) is 4. The lowest BCUT2D eigenvalue weighted by molar-refractivity contribution is -0.0703. The molecule has 0 aromatic carbocycles. The molecule has 0 aliphatic carbocycles. The Kier molecular flexibility index (Phi) is 8.05. The van der Waals surface area contributed by atoms with Crippen LogP contribution >= 0.6 is 0 Å². The summed E-state index contributed by atoms with van der Waals surface area (Å²) in [4.78, 5) is 0. The third-order valence-electron chi connectivity index (χ3n) is 3.25. The van der Waals surface area contributed by atoms with Gasteiger partial charge in [0.1, 0.15) is 31.0 Å². The molecular formula is C14H26O5. The number of rotatable bonds is 9. The highest BCUT2D eigenvalue weighted by Gasteiger charge is 2.39. The average molecular weight is 274 g/mol. The number of aliphatic hydroxyl groups is 3. The van der Waals surface area contributed by atoms with E-state index in [4.69, 9.17) is 9.47 Å². The summed E-state index contributed by atoms with van der Waals surface area (Å²) in [5.41, 5.74) is 0. The second kappa shape index (κ2) is 9.31. The predicted molar refractivity (Wildman–Crippen MR) is 71.6 cm³/mol. The van der Waals surface area contributed by atoms with Gasteiger partial charge in [-0.15, -0.1) is 0 Å². The van der Waals surface area contributed by atoms with E-state index in [-0.39, 0.29) is 13.2 Å². The first kappa shape index (κ1) is 16.4. The lowest BCUT2D eigenvalue weighted by Crippen LogP contribution is -2.40. The Hall–Kier alpha value is -0.620. The largest absolute Gasteiger partial charge is 0.499 e. The van der Waals surface area contributed by atoms with E-state index >= 15 is 0 Å². The van der Waals surface area contributed by atoms with Gasteiger partial charge < -0.3 is 24.8 Å². The fourth-order valence-electron chi connectivity index (χ4n) is 2.04. The van der Waals surface area contributed by atoms with Gasteiger partial charge in [-0.3, -0.25) is 0 Å². The molecule has 1 aliphatic heterocycles. The highest BCUT2D eigenvalue weighted by atomic mass is 16.5. The Bertz CT molecular complexity index is 256. The standard InChI is InChI=1S/C14H26O5/c1-2-3-4-5-6-7-8-18-9-12(16)14-13(17)11(15)10-19-14/h7-8,11-17H,2-6,9-10H2,1H3/b8-7+/t11-,12+,13+,14+/m1/s1. The first-order valence-electron chi connectivity index (χ1n) is 7.09. The molecule has 0 radical (unpaired) electrons. The van der Waals surface area contributed by atoms with Crippen LogP contribution in [-0.4, -0.2) is 52.9 Å². The van der Waals surface area contributed by atoms with Crippen molar-refractivity contribution in [3.05, 3.63) is 12.3 Å². The van der Waals surface area contributed by atoms with Crippen molar-refractivity contribution in [2.24, 2.45) is 0 Å². The normalized spacial score (nSPS) is 28.9. The van der Waals surface area contributed by atoms with Crippen molar-refractivity contribution in [1.29, 1.82) is 0 Å². The minimum atomic E-state index is -1.04. The molecule has 5 heteroatoms. The maximum Gasteiger partial charge on any atom is 0.117 e. The summed E-state index contributed by atoms with van der Waals surface area (Å²) in [7, 11) is 0. The smallest absolute Gasteiger partial charge is 0.117 e. The molecule has 0 amide bonds. The van der Waals surface area contributed by atoms with Gasteiger partial charge in [-0.05, 0) is 18.9 Å². The number of allylic oxidation sites excluding steroid dienone is 1. The summed E-state index contributed by atoms with van der Waals surface area (Å²) in [5, 5.41) is 28.6. The van der Waals surface area contributed by atoms with Gasteiger partial charge in [0.2, 0.25) is 0 Å². The van der Waals surface area contributed by atoms with Gasteiger partial charge in [-0.25, -0.2) is 0 Å². The minimum absolute atomic E-state index is 0.0517. The number of hydrogen-bond acceptors (Lipinski definition) is 5. The van der Waals surface area contributed by atoms with Gasteiger partial charge >= 0.3 is 0 Å². The molecule has 1 saturated heterocycles. The van der Waals surface area contributed by atoms with E-state index in [1.165, 1.54) is 19.3 Å². The van der Waals surface area contributed by atoms with Gasteiger partial charge in [0.25, 0.3) is 0 Å². The molecule has 112 valence electrons. The molecular weight excluding hydrogens is 248 g/mol. The molecule has 3 N–H and O–H groups in total. The van der Waals surface area contributed by atoms with Gasteiger partial charge in [-0.1, -0.05) is 26.2 Å².